The molecule has 0 atom stereocenters. The van der Waals surface area contributed by atoms with E-state index in [-0.39, 0.29) is 6.61 Å². The topological polar surface area (TPSA) is 35.5 Å². The van der Waals surface area contributed by atoms with Gasteiger partial charge in [0, 0.05) is 24.2 Å². The standard InChI is InChI=1S/C14H20N2O/c17-10-9-16-7-5-14(6-8-16)11-15-13-4-2-1-3-12(13)14/h1-4,15,17H,5-11H2. The van der Waals surface area contributed by atoms with Gasteiger partial charge in [-0.1, -0.05) is 18.2 Å². The Morgan fingerprint density at radius 1 is 1.24 bits per heavy atom. The number of aliphatic hydroxyl groups excluding tert-OH is 1. The zero-order valence-corrected chi connectivity index (χ0v) is 10.2. The molecule has 1 aromatic carbocycles. The largest absolute Gasteiger partial charge is 0.395 e. The molecule has 0 saturated carbocycles. The molecule has 3 nitrogen and oxygen atoms in total. The van der Waals surface area contributed by atoms with Gasteiger partial charge in [0.05, 0.1) is 6.61 Å². The molecule has 2 N–H and O–H groups in total. The molecule has 17 heavy (non-hydrogen) atoms. The van der Waals surface area contributed by atoms with Crippen molar-refractivity contribution in [1.29, 1.82) is 0 Å². The van der Waals surface area contributed by atoms with E-state index in [1.165, 1.54) is 24.1 Å². The van der Waals surface area contributed by atoms with Gasteiger partial charge in [-0.3, -0.25) is 0 Å². The lowest BCUT2D eigenvalue weighted by Crippen LogP contribution is -2.44. The van der Waals surface area contributed by atoms with E-state index < -0.39 is 0 Å². The number of anilines is 1. The van der Waals surface area contributed by atoms with Gasteiger partial charge in [0.1, 0.15) is 0 Å². The molecular formula is C14H20N2O. The molecule has 3 heteroatoms. The number of rotatable bonds is 2. The molecular weight excluding hydrogens is 212 g/mol. The first-order chi connectivity index (χ1) is 8.34. The van der Waals surface area contributed by atoms with Crippen molar-refractivity contribution in [3.8, 4) is 0 Å². The number of benzene rings is 1. The summed E-state index contributed by atoms with van der Waals surface area (Å²) in [6, 6.07) is 8.71. The average molecular weight is 232 g/mol. The van der Waals surface area contributed by atoms with Crippen LogP contribution >= 0.6 is 0 Å². The highest BCUT2D eigenvalue weighted by Gasteiger charge is 2.40. The van der Waals surface area contributed by atoms with Crippen molar-refractivity contribution in [3.05, 3.63) is 29.8 Å². The van der Waals surface area contributed by atoms with Gasteiger partial charge in [-0.2, -0.15) is 0 Å². The molecule has 3 rings (SSSR count). The van der Waals surface area contributed by atoms with E-state index in [4.69, 9.17) is 5.11 Å². The van der Waals surface area contributed by atoms with Crippen LogP contribution in [0.25, 0.3) is 0 Å². The zero-order chi connectivity index (χ0) is 11.7. The van der Waals surface area contributed by atoms with Crippen LogP contribution in [0.3, 0.4) is 0 Å². The highest BCUT2D eigenvalue weighted by molar-refractivity contribution is 5.60. The number of β-amino-alcohol motifs (C(OH)–C–C–N with tert-alkyl or cyclic N) is 1. The van der Waals surface area contributed by atoms with E-state index in [0.717, 1.165) is 26.2 Å². The number of piperidine rings is 1. The number of hydrogen-bond acceptors (Lipinski definition) is 3. The molecule has 92 valence electrons. The van der Waals surface area contributed by atoms with E-state index in [9.17, 15) is 0 Å². The van der Waals surface area contributed by atoms with E-state index in [1.807, 2.05) is 0 Å². The lowest BCUT2D eigenvalue weighted by atomic mass is 9.74. The Kier molecular flexibility index (Phi) is 2.81. The molecule has 0 unspecified atom stereocenters. The van der Waals surface area contributed by atoms with Crippen LogP contribution in [-0.4, -0.2) is 42.8 Å². The number of fused-ring (bicyclic) bond motifs is 2. The number of aliphatic hydroxyl groups is 1. The molecule has 2 aliphatic rings. The Hall–Kier alpha value is -1.06. The number of nitrogens with zero attached hydrogens (tertiary/aromatic N) is 1. The minimum absolute atomic E-state index is 0.280. The Labute approximate surface area is 102 Å². The summed E-state index contributed by atoms with van der Waals surface area (Å²) in [6.07, 6.45) is 2.41. The predicted octanol–water partition coefficient (Wildman–Crippen LogP) is 1.44. The second-order valence-corrected chi connectivity index (χ2v) is 5.24. The third-order valence-electron chi connectivity index (χ3n) is 4.35. The van der Waals surface area contributed by atoms with Crippen LogP contribution in [0.2, 0.25) is 0 Å². The smallest absolute Gasteiger partial charge is 0.0558 e. The minimum atomic E-state index is 0.280. The summed E-state index contributed by atoms with van der Waals surface area (Å²) in [5.41, 5.74) is 3.18. The second kappa shape index (κ2) is 4.31. The van der Waals surface area contributed by atoms with E-state index >= 15 is 0 Å². The van der Waals surface area contributed by atoms with Crippen molar-refractivity contribution in [2.24, 2.45) is 0 Å². The van der Waals surface area contributed by atoms with E-state index in [1.54, 1.807) is 0 Å². The monoisotopic (exact) mass is 232 g/mol. The molecule has 1 spiro atoms. The third kappa shape index (κ3) is 1.83. The maximum atomic E-state index is 8.98. The van der Waals surface area contributed by atoms with Crippen molar-refractivity contribution >= 4 is 5.69 Å². The molecule has 0 aromatic heterocycles. The SMILES string of the molecule is OCCN1CCC2(CC1)CNc1ccccc12. The fourth-order valence-electron chi connectivity index (χ4n) is 3.25. The summed E-state index contributed by atoms with van der Waals surface area (Å²) in [4.78, 5) is 2.37. The zero-order valence-electron chi connectivity index (χ0n) is 10.2. The van der Waals surface area contributed by atoms with Gasteiger partial charge < -0.3 is 15.3 Å². The average Bonchev–Trinajstić information content (AvgIpc) is 2.73. The molecule has 0 bridgehead atoms. The summed E-state index contributed by atoms with van der Waals surface area (Å²) in [7, 11) is 0. The van der Waals surface area contributed by atoms with Crippen molar-refractivity contribution in [3.63, 3.8) is 0 Å². The molecule has 2 heterocycles. The molecule has 0 aliphatic carbocycles. The molecule has 1 aromatic rings. The summed E-state index contributed by atoms with van der Waals surface area (Å²) in [5.74, 6) is 0. The highest BCUT2D eigenvalue weighted by atomic mass is 16.3. The summed E-state index contributed by atoms with van der Waals surface area (Å²) in [6.45, 7) is 4.40. The fourth-order valence-corrected chi connectivity index (χ4v) is 3.25. The van der Waals surface area contributed by atoms with Crippen molar-refractivity contribution in [2.75, 3.05) is 38.1 Å². The van der Waals surface area contributed by atoms with Gasteiger partial charge in [-0.25, -0.2) is 0 Å². The van der Waals surface area contributed by atoms with Gasteiger partial charge in [0.15, 0.2) is 0 Å². The van der Waals surface area contributed by atoms with Crippen molar-refractivity contribution in [1.82, 2.24) is 4.90 Å². The van der Waals surface area contributed by atoms with E-state index in [2.05, 4.69) is 34.5 Å². The first-order valence-electron chi connectivity index (χ1n) is 6.51. The van der Waals surface area contributed by atoms with Gasteiger partial charge in [0.25, 0.3) is 0 Å². The van der Waals surface area contributed by atoms with Gasteiger partial charge in [-0.05, 0) is 37.6 Å². The van der Waals surface area contributed by atoms with Crippen LogP contribution in [0.15, 0.2) is 24.3 Å². The third-order valence-corrected chi connectivity index (χ3v) is 4.35. The van der Waals surface area contributed by atoms with E-state index in [0.29, 0.717) is 5.41 Å². The normalized spacial score (nSPS) is 22.4. The van der Waals surface area contributed by atoms with Crippen LogP contribution in [0.4, 0.5) is 5.69 Å². The first kappa shape index (κ1) is 11.1. The van der Waals surface area contributed by atoms with Crippen molar-refractivity contribution in [2.45, 2.75) is 18.3 Å². The van der Waals surface area contributed by atoms with Crippen molar-refractivity contribution < 1.29 is 5.11 Å². The quantitative estimate of drug-likeness (QED) is 0.810. The molecule has 0 amide bonds. The Morgan fingerprint density at radius 2 is 2.00 bits per heavy atom. The molecule has 1 fully saturated rings. The lowest BCUT2D eigenvalue weighted by molar-refractivity contribution is 0.137. The number of para-hydroxylation sites is 1. The maximum absolute atomic E-state index is 8.98. The van der Waals surface area contributed by atoms with Crippen LogP contribution in [0.5, 0.6) is 0 Å². The fraction of sp³-hybridized carbons (Fsp3) is 0.571. The Balaban J connectivity index is 1.78. The number of likely N-dealkylation sites (tertiary alicyclic amines) is 1. The predicted molar refractivity (Wildman–Crippen MR) is 69.4 cm³/mol. The van der Waals surface area contributed by atoms with Gasteiger partial charge in [0.2, 0.25) is 0 Å². The van der Waals surface area contributed by atoms with Crippen LogP contribution in [0, 0.1) is 0 Å². The molecule has 1 saturated heterocycles. The molecule has 2 aliphatic heterocycles. The summed E-state index contributed by atoms with van der Waals surface area (Å²) >= 11 is 0. The summed E-state index contributed by atoms with van der Waals surface area (Å²) < 4.78 is 0. The summed E-state index contributed by atoms with van der Waals surface area (Å²) in [5, 5.41) is 12.5. The first-order valence-corrected chi connectivity index (χ1v) is 6.51. The Bertz CT molecular complexity index is 397. The van der Waals surface area contributed by atoms with Crippen LogP contribution in [0.1, 0.15) is 18.4 Å². The maximum Gasteiger partial charge on any atom is 0.0558 e. The van der Waals surface area contributed by atoms with Gasteiger partial charge >= 0.3 is 0 Å². The Morgan fingerprint density at radius 3 is 2.76 bits per heavy atom. The number of nitrogens with one attached hydrogen (secondary N) is 1. The number of hydrogen-bond donors (Lipinski definition) is 2. The lowest BCUT2D eigenvalue weighted by Gasteiger charge is -2.39. The minimum Gasteiger partial charge on any atom is -0.395 e. The van der Waals surface area contributed by atoms with Crippen LogP contribution < -0.4 is 5.32 Å². The highest BCUT2D eigenvalue weighted by Crippen LogP contribution is 2.43. The van der Waals surface area contributed by atoms with Crippen LogP contribution in [-0.2, 0) is 5.41 Å². The molecule has 0 radical (unpaired) electrons. The van der Waals surface area contributed by atoms with Gasteiger partial charge in [-0.15, -0.1) is 0 Å². The second-order valence-electron chi connectivity index (χ2n) is 5.24.